The molecule has 3 heteroatoms. The third-order valence-electron chi connectivity index (χ3n) is 3.23. The van der Waals surface area contributed by atoms with Gasteiger partial charge in [0.15, 0.2) is 0 Å². The number of hydrogen-bond acceptors (Lipinski definition) is 3. The van der Waals surface area contributed by atoms with Crippen LogP contribution in [0.5, 0.6) is 0 Å². The molecule has 1 aromatic heterocycles. The first-order valence-corrected chi connectivity index (χ1v) is 7.41. The predicted molar refractivity (Wildman–Crippen MR) is 74.4 cm³/mol. The number of hydrogen-bond donors (Lipinski definition) is 1. The topological polar surface area (TPSA) is 38.9 Å². The molecule has 2 nitrogen and oxygen atoms in total. The van der Waals surface area contributed by atoms with Crippen molar-refractivity contribution >= 4 is 11.8 Å². The van der Waals surface area contributed by atoms with Gasteiger partial charge in [-0.1, -0.05) is 18.9 Å². The molecule has 0 aliphatic heterocycles. The standard InChI is InChI=1S/C14H22N2S/c1-10-7-12(8-11(2)15)9-16-14(10)17-13-5-3-4-6-13/h7,9,11,13H,3-6,8,15H2,1-2H3. The Morgan fingerprint density at radius 1 is 1.47 bits per heavy atom. The third kappa shape index (κ3) is 3.71. The van der Waals surface area contributed by atoms with Gasteiger partial charge < -0.3 is 5.73 Å². The quantitative estimate of drug-likeness (QED) is 0.891. The van der Waals surface area contributed by atoms with Crippen LogP contribution in [0.15, 0.2) is 17.3 Å². The largest absolute Gasteiger partial charge is 0.328 e. The van der Waals surface area contributed by atoms with E-state index in [0.29, 0.717) is 0 Å². The molecule has 0 spiro atoms. The molecule has 94 valence electrons. The van der Waals surface area contributed by atoms with E-state index in [-0.39, 0.29) is 6.04 Å². The van der Waals surface area contributed by atoms with Gasteiger partial charge in [-0.05, 0) is 44.2 Å². The normalized spacial score (nSPS) is 18.5. The molecule has 2 N–H and O–H groups in total. The monoisotopic (exact) mass is 250 g/mol. The lowest BCUT2D eigenvalue weighted by Crippen LogP contribution is -2.18. The molecule has 0 bridgehead atoms. The number of aromatic nitrogens is 1. The van der Waals surface area contributed by atoms with Crippen molar-refractivity contribution in [1.82, 2.24) is 4.98 Å². The van der Waals surface area contributed by atoms with Crippen molar-refractivity contribution in [2.24, 2.45) is 5.73 Å². The second-order valence-electron chi connectivity index (χ2n) is 5.17. The van der Waals surface area contributed by atoms with Crippen LogP contribution in [0, 0.1) is 6.92 Å². The summed E-state index contributed by atoms with van der Waals surface area (Å²) in [5, 5.41) is 2.01. The summed E-state index contributed by atoms with van der Waals surface area (Å²) in [6, 6.07) is 2.46. The number of aryl methyl sites for hydroxylation is 1. The van der Waals surface area contributed by atoms with Crippen molar-refractivity contribution in [3.05, 3.63) is 23.4 Å². The molecule has 1 aliphatic carbocycles. The molecular formula is C14H22N2S. The van der Waals surface area contributed by atoms with Crippen molar-refractivity contribution in [3.63, 3.8) is 0 Å². The fraction of sp³-hybridized carbons (Fsp3) is 0.643. The second kappa shape index (κ2) is 5.87. The zero-order chi connectivity index (χ0) is 12.3. The molecule has 1 aliphatic rings. The minimum Gasteiger partial charge on any atom is -0.328 e. The fourth-order valence-electron chi connectivity index (χ4n) is 2.39. The molecule has 1 aromatic rings. The van der Waals surface area contributed by atoms with Crippen molar-refractivity contribution < 1.29 is 0 Å². The zero-order valence-corrected chi connectivity index (χ0v) is 11.6. The summed E-state index contributed by atoms with van der Waals surface area (Å²) < 4.78 is 0. The summed E-state index contributed by atoms with van der Waals surface area (Å²) in [5.41, 5.74) is 8.37. The molecule has 0 aromatic carbocycles. The van der Waals surface area contributed by atoms with Crippen LogP contribution in [-0.4, -0.2) is 16.3 Å². The van der Waals surface area contributed by atoms with Crippen LogP contribution in [0.2, 0.25) is 0 Å². The van der Waals surface area contributed by atoms with Gasteiger partial charge in [-0.15, -0.1) is 11.8 Å². The number of rotatable bonds is 4. The Morgan fingerprint density at radius 2 is 2.18 bits per heavy atom. The highest BCUT2D eigenvalue weighted by molar-refractivity contribution is 7.99. The van der Waals surface area contributed by atoms with Crippen LogP contribution in [0.1, 0.15) is 43.7 Å². The minimum atomic E-state index is 0.213. The van der Waals surface area contributed by atoms with Crippen LogP contribution >= 0.6 is 11.8 Å². The van der Waals surface area contributed by atoms with Gasteiger partial charge in [0.2, 0.25) is 0 Å². The lowest BCUT2D eigenvalue weighted by molar-refractivity contribution is 0.732. The maximum Gasteiger partial charge on any atom is 0.0991 e. The first-order chi connectivity index (χ1) is 8.15. The zero-order valence-electron chi connectivity index (χ0n) is 10.8. The molecule has 1 fully saturated rings. The highest BCUT2D eigenvalue weighted by atomic mass is 32.2. The van der Waals surface area contributed by atoms with Crippen molar-refractivity contribution in [2.45, 2.75) is 62.3 Å². The average molecular weight is 250 g/mol. The second-order valence-corrected chi connectivity index (χ2v) is 6.46. The fourth-order valence-corrected chi connectivity index (χ4v) is 3.63. The third-order valence-corrected chi connectivity index (χ3v) is 4.68. The van der Waals surface area contributed by atoms with E-state index < -0.39 is 0 Å². The highest BCUT2D eigenvalue weighted by Gasteiger charge is 2.17. The van der Waals surface area contributed by atoms with Gasteiger partial charge in [-0.25, -0.2) is 4.98 Å². The Bertz CT molecular complexity index is 370. The summed E-state index contributed by atoms with van der Waals surface area (Å²) in [4.78, 5) is 4.60. The van der Waals surface area contributed by atoms with E-state index in [1.54, 1.807) is 0 Å². The molecule has 1 unspecified atom stereocenters. The van der Waals surface area contributed by atoms with Gasteiger partial charge in [-0.2, -0.15) is 0 Å². The maximum atomic E-state index is 5.81. The molecule has 1 saturated carbocycles. The minimum absolute atomic E-state index is 0.213. The van der Waals surface area contributed by atoms with Gasteiger partial charge >= 0.3 is 0 Å². The van der Waals surface area contributed by atoms with Crippen molar-refractivity contribution in [3.8, 4) is 0 Å². The summed E-state index contributed by atoms with van der Waals surface area (Å²) in [6.07, 6.45) is 8.40. The first-order valence-electron chi connectivity index (χ1n) is 6.53. The van der Waals surface area contributed by atoms with Crippen molar-refractivity contribution in [1.29, 1.82) is 0 Å². The van der Waals surface area contributed by atoms with E-state index in [9.17, 15) is 0 Å². The Labute approximate surface area is 108 Å². The summed E-state index contributed by atoms with van der Waals surface area (Å²) in [7, 11) is 0. The van der Waals surface area contributed by atoms with E-state index in [1.807, 2.05) is 24.9 Å². The van der Waals surface area contributed by atoms with Gasteiger partial charge in [0.05, 0.1) is 5.03 Å². The Morgan fingerprint density at radius 3 is 2.76 bits per heavy atom. The summed E-state index contributed by atoms with van der Waals surface area (Å²) in [5.74, 6) is 0. The highest BCUT2D eigenvalue weighted by Crippen LogP contribution is 2.35. The van der Waals surface area contributed by atoms with Gasteiger partial charge in [0, 0.05) is 17.5 Å². The van der Waals surface area contributed by atoms with E-state index >= 15 is 0 Å². The average Bonchev–Trinajstić information content (AvgIpc) is 2.74. The van der Waals surface area contributed by atoms with E-state index in [4.69, 9.17) is 5.73 Å². The lowest BCUT2D eigenvalue weighted by atomic mass is 10.1. The molecule has 0 saturated heterocycles. The first kappa shape index (κ1) is 12.9. The van der Waals surface area contributed by atoms with Crippen LogP contribution in [0.4, 0.5) is 0 Å². The van der Waals surface area contributed by atoms with Gasteiger partial charge in [0.1, 0.15) is 0 Å². The lowest BCUT2D eigenvalue weighted by Gasteiger charge is -2.12. The SMILES string of the molecule is Cc1cc(CC(C)N)cnc1SC1CCCC1. The smallest absolute Gasteiger partial charge is 0.0991 e. The number of nitrogens with two attached hydrogens (primary N) is 1. The van der Waals surface area contributed by atoms with Gasteiger partial charge in [-0.3, -0.25) is 0 Å². The molecule has 0 radical (unpaired) electrons. The molecule has 1 atom stereocenters. The number of thioether (sulfide) groups is 1. The summed E-state index contributed by atoms with van der Waals surface area (Å²) in [6.45, 7) is 4.20. The van der Waals surface area contributed by atoms with Crippen molar-refractivity contribution in [2.75, 3.05) is 0 Å². The van der Waals surface area contributed by atoms with Crippen LogP contribution in [0.3, 0.4) is 0 Å². The molecular weight excluding hydrogens is 228 g/mol. The predicted octanol–water partition coefficient (Wildman–Crippen LogP) is 3.31. The molecule has 0 amide bonds. The van der Waals surface area contributed by atoms with Crippen LogP contribution < -0.4 is 5.73 Å². The van der Waals surface area contributed by atoms with Gasteiger partial charge in [0.25, 0.3) is 0 Å². The molecule has 17 heavy (non-hydrogen) atoms. The van der Waals surface area contributed by atoms with Crippen LogP contribution in [-0.2, 0) is 6.42 Å². The summed E-state index contributed by atoms with van der Waals surface area (Å²) >= 11 is 1.96. The van der Waals surface area contributed by atoms with Crippen LogP contribution in [0.25, 0.3) is 0 Å². The Hall–Kier alpha value is -0.540. The Kier molecular flexibility index (Phi) is 4.46. The van der Waals surface area contributed by atoms with E-state index in [1.165, 1.54) is 41.8 Å². The molecule has 1 heterocycles. The maximum absolute atomic E-state index is 5.81. The van der Waals surface area contributed by atoms with E-state index in [0.717, 1.165) is 11.7 Å². The Balaban J connectivity index is 2.03. The number of nitrogens with zero attached hydrogens (tertiary/aromatic N) is 1. The van der Waals surface area contributed by atoms with E-state index in [2.05, 4.69) is 18.0 Å². The molecule has 2 rings (SSSR count). The number of pyridine rings is 1.